The molecule has 0 spiro atoms. The van der Waals surface area contributed by atoms with Gasteiger partial charge in [0.2, 0.25) is 0 Å². The number of para-hydroxylation sites is 2. The van der Waals surface area contributed by atoms with Crippen LogP contribution in [0.2, 0.25) is 0 Å². The average molecular weight is 232 g/mol. The van der Waals surface area contributed by atoms with Crippen LogP contribution in [0.3, 0.4) is 0 Å². The van der Waals surface area contributed by atoms with E-state index in [4.69, 9.17) is 0 Å². The van der Waals surface area contributed by atoms with Gasteiger partial charge in [0.15, 0.2) is 0 Å². The van der Waals surface area contributed by atoms with Crippen molar-refractivity contribution in [1.29, 1.82) is 0 Å². The molecular weight excluding hydrogens is 212 g/mol. The maximum absolute atomic E-state index is 9.95. The molecule has 1 aromatic heterocycles. The van der Waals surface area contributed by atoms with Crippen LogP contribution >= 0.6 is 0 Å². The lowest BCUT2D eigenvalue weighted by atomic mass is 10.2. The molecule has 0 aliphatic carbocycles. The fourth-order valence-electron chi connectivity index (χ4n) is 2.23. The zero-order valence-electron chi connectivity index (χ0n) is 10.6. The summed E-state index contributed by atoms with van der Waals surface area (Å²) in [5.74, 6) is 1.06. The minimum absolute atomic E-state index is 0.275. The SMILES string of the molecule is CCCC(O)Cn1c(CC)nc2ccccc21. The van der Waals surface area contributed by atoms with Gasteiger partial charge in [-0.25, -0.2) is 4.98 Å². The maximum atomic E-state index is 9.95. The van der Waals surface area contributed by atoms with E-state index < -0.39 is 0 Å². The second kappa shape index (κ2) is 5.32. The number of rotatable bonds is 5. The molecule has 3 heteroatoms. The quantitative estimate of drug-likeness (QED) is 0.860. The van der Waals surface area contributed by atoms with Crippen LogP contribution in [-0.2, 0) is 13.0 Å². The van der Waals surface area contributed by atoms with Crippen molar-refractivity contribution in [3.63, 3.8) is 0 Å². The van der Waals surface area contributed by atoms with Crippen LogP contribution in [0.4, 0.5) is 0 Å². The fraction of sp³-hybridized carbons (Fsp3) is 0.500. The summed E-state index contributed by atoms with van der Waals surface area (Å²) in [5, 5.41) is 9.95. The van der Waals surface area contributed by atoms with E-state index >= 15 is 0 Å². The third kappa shape index (κ3) is 2.50. The number of aromatic nitrogens is 2. The number of benzene rings is 1. The van der Waals surface area contributed by atoms with Crippen LogP contribution in [0.25, 0.3) is 11.0 Å². The summed E-state index contributed by atoms with van der Waals surface area (Å²) in [6.45, 7) is 4.84. The second-order valence-electron chi connectivity index (χ2n) is 4.42. The van der Waals surface area contributed by atoms with Gasteiger partial charge in [-0.3, -0.25) is 0 Å². The number of nitrogens with zero attached hydrogens (tertiary/aromatic N) is 2. The lowest BCUT2D eigenvalue weighted by Crippen LogP contribution is -2.17. The lowest BCUT2D eigenvalue weighted by Gasteiger charge is -2.13. The zero-order chi connectivity index (χ0) is 12.3. The largest absolute Gasteiger partial charge is 0.391 e. The molecule has 1 heterocycles. The van der Waals surface area contributed by atoms with Crippen molar-refractivity contribution in [2.24, 2.45) is 0 Å². The Hall–Kier alpha value is -1.35. The number of aryl methyl sites for hydroxylation is 1. The average Bonchev–Trinajstić information content (AvgIpc) is 2.68. The van der Waals surface area contributed by atoms with Gasteiger partial charge in [-0.2, -0.15) is 0 Å². The highest BCUT2D eigenvalue weighted by Gasteiger charge is 2.12. The molecule has 0 radical (unpaired) electrons. The van der Waals surface area contributed by atoms with Gasteiger partial charge < -0.3 is 9.67 Å². The molecule has 0 fully saturated rings. The van der Waals surface area contributed by atoms with Gasteiger partial charge in [-0.15, -0.1) is 0 Å². The summed E-state index contributed by atoms with van der Waals surface area (Å²) >= 11 is 0. The highest BCUT2D eigenvalue weighted by Crippen LogP contribution is 2.17. The van der Waals surface area contributed by atoms with Gasteiger partial charge >= 0.3 is 0 Å². The highest BCUT2D eigenvalue weighted by atomic mass is 16.3. The van der Waals surface area contributed by atoms with E-state index in [1.165, 1.54) is 0 Å². The normalized spacial score (nSPS) is 13.1. The van der Waals surface area contributed by atoms with Gasteiger partial charge in [0.05, 0.1) is 23.7 Å². The Morgan fingerprint density at radius 1 is 1.29 bits per heavy atom. The minimum Gasteiger partial charge on any atom is -0.391 e. The molecule has 1 unspecified atom stereocenters. The molecule has 0 aliphatic heterocycles. The minimum atomic E-state index is -0.275. The Morgan fingerprint density at radius 3 is 2.76 bits per heavy atom. The van der Waals surface area contributed by atoms with E-state index in [2.05, 4.69) is 29.5 Å². The van der Waals surface area contributed by atoms with Crippen molar-refractivity contribution in [1.82, 2.24) is 9.55 Å². The van der Waals surface area contributed by atoms with Crippen molar-refractivity contribution >= 4 is 11.0 Å². The summed E-state index contributed by atoms with van der Waals surface area (Å²) in [6, 6.07) is 8.12. The van der Waals surface area contributed by atoms with Crippen molar-refractivity contribution < 1.29 is 5.11 Å². The molecular formula is C14H20N2O. The van der Waals surface area contributed by atoms with E-state index in [-0.39, 0.29) is 6.10 Å². The van der Waals surface area contributed by atoms with E-state index in [1.54, 1.807) is 0 Å². The molecule has 92 valence electrons. The number of hydrogen-bond acceptors (Lipinski definition) is 2. The third-order valence-corrected chi connectivity index (χ3v) is 3.07. The Balaban J connectivity index is 2.36. The molecule has 1 N–H and O–H groups in total. The monoisotopic (exact) mass is 232 g/mol. The molecule has 0 saturated heterocycles. The Kier molecular flexibility index (Phi) is 3.79. The maximum Gasteiger partial charge on any atom is 0.109 e. The number of fused-ring (bicyclic) bond motifs is 1. The van der Waals surface area contributed by atoms with Crippen LogP contribution < -0.4 is 0 Å². The predicted molar refractivity (Wildman–Crippen MR) is 70.0 cm³/mol. The van der Waals surface area contributed by atoms with Crippen LogP contribution in [-0.4, -0.2) is 20.8 Å². The number of hydrogen-bond donors (Lipinski definition) is 1. The molecule has 17 heavy (non-hydrogen) atoms. The summed E-state index contributed by atoms with van der Waals surface area (Å²) in [5.41, 5.74) is 2.15. The van der Waals surface area contributed by atoms with E-state index in [0.29, 0.717) is 6.54 Å². The number of aliphatic hydroxyl groups excluding tert-OH is 1. The van der Waals surface area contributed by atoms with Crippen LogP contribution in [0.1, 0.15) is 32.5 Å². The first-order chi connectivity index (χ1) is 8.26. The van der Waals surface area contributed by atoms with Crippen LogP contribution in [0.5, 0.6) is 0 Å². The predicted octanol–water partition coefficient (Wildman–Crippen LogP) is 2.76. The first-order valence-electron chi connectivity index (χ1n) is 6.38. The van der Waals surface area contributed by atoms with Crippen LogP contribution in [0.15, 0.2) is 24.3 Å². The standard InChI is InChI=1S/C14H20N2O/c1-3-7-11(17)10-16-13-9-6-5-8-12(13)15-14(16)4-2/h5-6,8-9,11,17H,3-4,7,10H2,1-2H3. The van der Waals surface area contributed by atoms with E-state index in [9.17, 15) is 5.11 Å². The van der Waals surface area contributed by atoms with Gasteiger partial charge in [-0.05, 0) is 18.6 Å². The van der Waals surface area contributed by atoms with E-state index in [1.807, 2.05) is 18.2 Å². The lowest BCUT2D eigenvalue weighted by molar-refractivity contribution is 0.144. The van der Waals surface area contributed by atoms with Crippen molar-refractivity contribution in [2.75, 3.05) is 0 Å². The number of aliphatic hydroxyl groups is 1. The zero-order valence-corrected chi connectivity index (χ0v) is 10.6. The summed E-state index contributed by atoms with van der Waals surface area (Å²) in [7, 11) is 0. The molecule has 2 rings (SSSR count). The van der Waals surface area contributed by atoms with Crippen molar-refractivity contribution in [2.45, 2.75) is 45.8 Å². The Bertz CT molecular complexity index is 490. The van der Waals surface area contributed by atoms with Gasteiger partial charge in [0.25, 0.3) is 0 Å². The molecule has 0 amide bonds. The molecule has 2 aromatic rings. The molecule has 0 bridgehead atoms. The van der Waals surface area contributed by atoms with Gasteiger partial charge in [-0.1, -0.05) is 32.4 Å². The van der Waals surface area contributed by atoms with Gasteiger partial charge in [0.1, 0.15) is 5.82 Å². The van der Waals surface area contributed by atoms with Crippen molar-refractivity contribution in [3.05, 3.63) is 30.1 Å². The fourth-order valence-corrected chi connectivity index (χ4v) is 2.23. The molecule has 0 aliphatic rings. The van der Waals surface area contributed by atoms with Gasteiger partial charge in [0, 0.05) is 6.42 Å². The smallest absolute Gasteiger partial charge is 0.109 e. The Labute approximate surface area is 102 Å². The summed E-state index contributed by atoms with van der Waals surface area (Å²) < 4.78 is 2.15. The first kappa shape index (κ1) is 12.1. The molecule has 3 nitrogen and oxygen atoms in total. The first-order valence-corrected chi connectivity index (χ1v) is 6.38. The Morgan fingerprint density at radius 2 is 2.06 bits per heavy atom. The van der Waals surface area contributed by atoms with Crippen molar-refractivity contribution in [3.8, 4) is 0 Å². The summed E-state index contributed by atoms with van der Waals surface area (Å²) in [6.07, 6.45) is 2.47. The molecule has 1 aromatic carbocycles. The van der Waals surface area contributed by atoms with E-state index in [0.717, 1.165) is 36.1 Å². The topological polar surface area (TPSA) is 38.0 Å². The molecule has 1 atom stereocenters. The second-order valence-corrected chi connectivity index (χ2v) is 4.42. The third-order valence-electron chi connectivity index (χ3n) is 3.07. The van der Waals surface area contributed by atoms with Crippen LogP contribution in [0, 0.1) is 0 Å². The number of imidazole rings is 1. The summed E-state index contributed by atoms with van der Waals surface area (Å²) in [4.78, 5) is 4.60. The highest BCUT2D eigenvalue weighted by molar-refractivity contribution is 5.75. The molecule has 0 saturated carbocycles.